The zero-order valence-corrected chi connectivity index (χ0v) is 12.8. The van der Waals surface area contributed by atoms with Gasteiger partial charge in [0.1, 0.15) is 5.75 Å². The van der Waals surface area contributed by atoms with Crippen molar-refractivity contribution in [2.75, 3.05) is 7.11 Å². The van der Waals surface area contributed by atoms with Gasteiger partial charge in [-0.2, -0.15) is 11.3 Å². The molecule has 2 rings (SSSR count). The summed E-state index contributed by atoms with van der Waals surface area (Å²) in [5.41, 5.74) is 9.95. The van der Waals surface area contributed by atoms with Gasteiger partial charge in [-0.15, -0.1) is 0 Å². The van der Waals surface area contributed by atoms with E-state index in [1.807, 2.05) is 18.2 Å². The summed E-state index contributed by atoms with van der Waals surface area (Å²) in [4.78, 5) is 0. The highest BCUT2D eigenvalue weighted by atomic mass is 79.9. The maximum absolute atomic E-state index is 6.28. The zero-order chi connectivity index (χ0) is 13.1. The van der Waals surface area contributed by atoms with Crippen molar-refractivity contribution >= 4 is 27.3 Å². The molecule has 18 heavy (non-hydrogen) atoms. The molecular formula is C14H16BrNOS. The van der Waals surface area contributed by atoms with Crippen LogP contribution in [0.1, 0.15) is 22.7 Å². The van der Waals surface area contributed by atoms with Crippen molar-refractivity contribution < 1.29 is 4.74 Å². The molecule has 1 aromatic carbocycles. The van der Waals surface area contributed by atoms with Crippen LogP contribution in [-0.4, -0.2) is 7.11 Å². The third-order valence-corrected chi connectivity index (χ3v) is 4.64. The van der Waals surface area contributed by atoms with E-state index in [9.17, 15) is 0 Å². The lowest BCUT2D eigenvalue weighted by Gasteiger charge is -2.14. The van der Waals surface area contributed by atoms with Gasteiger partial charge in [-0.25, -0.2) is 0 Å². The number of thiophene rings is 1. The summed E-state index contributed by atoms with van der Waals surface area (Å²) in [6, 6.07) is 6.00. The molecule has 0 radical (unpaired) electrons. The molecule has 0 aliphatic rings. The molecule has 0 saturated carbocycles. The fourth-order valence-corrected chi connectivity index (χ4v) is 3.26. The van der Waals surface area contributed by atoms with E-state index in [1.165, 1.54) is 16.7 Å². The number of methoxy groups -OCH3 is 1. The smallest absolute Gasteiger partial charge is 0.119 e. The monoisotopic (exact) mass is 325 g/mol. The third kappa shape index (κ3) is 2.94. The summed E-state index contributed by atoms with van der Waals surface area (Å²) < 4.78 is 6.32. The van der Waals surface area contributed by atoms with Crippen molar-refractivity contribution in [3.63, 3.8) is 0 Å². The van der Waals surface area contributed by atoms with Crippen LogP contribution in [-0.2, 0) is 6.42 Å². The topological polar surface area (TPSA) is 35.2 Å². The first kappa shape index (κ1) is 13.6. The lowest BCUT2D eigenvalue weighted by molar-refractivity contribution is 0.414. The van der Waals surface area contributed by atoms with E-state index in [4.69, 9.17) is 10.5 Å². The highest BCUT2D eigenvalue weighted by molar-refractivity contribution is 9.10. The average molecular weight is 326 g/mol. The lowest BCUT2D eigenvalue weighted by atomic mass is 9.99. The van der Waals surface area contributed by atoms with Crippen LogP contribution < -0.4 is 10.5 Å². The summed E-state index contributed by atoms with van der Waals surface area (Å²) in [6.45, 7) is 2.10. The van der Waals surface area contributed by atoms with Crippen LogP contribution in [0.25, 0.3) is 0 Å². The SMILES string of the molecule is COc1ccc(Br)c(CC(N)c2cscc2C)c1. The van der Waals surface area contributed by atoms with E-state index in [-0.39, 0.29) is 6.04 Å². The van der Waals surface area contributed by atoms with E-state index in [1.54, 1.807) is 18.4 Å². The second-order valence-corrected chi connectivity index (χ2v) is 5.88. The van der Waals surface area contributed by atoms with E-state index >= 15 is 0 Å². The number of halogens is 1. The van der Waals surface area contributed by atoms with Gasteiger partial charge in [-0.3, -0.25) is 0 Å². The second kappa shape index (κ2) is 5.87. The Kier molecular flexibility index (Phi) is 4.43. The quantitative estimate of drug-likeness (QED) is 0.919. The Morgan fingerprint density at radius 3 is 2.78 bits per heavy atom. The minimum absolute atomic E-state index is 0.0275. The molecule has 4 heteroatoms. The molecule has 2 N–H and O–H groups in total. The van der Waals surface area contributed by atoms with Crippen molar-refractivity contribution in [1.82, 2.24) is 0 Å². The van der Waals surface area contributed by atoms with E-state index in [0.29, 0.717) is 0 Å². The molecule has 0 fully saturated rings. The first-order valence-corrected chi connectivity index (χ1v) is 7.46. The Labute approximate surface area is 120 Å². The predicted molar refractivity (Wildman–Crippen MR) is 80.4 cm³/mol. The zero-order valence-electron chi connectivity index (χ0n) is 10.4. The van der Waals surface area contributed by atoms with Gasteiger partial charge >= 0.3 is 0 Å². The highest BCUT2D eigenvalue weighted by Crippen LogP contribution is 2.28. The molecule has 2 nitrogen and oxygen atoms in total. The molecule has 0 bridgehead atoms. The fourth-order valence-electron chi connectivity index (χ4n) is 1.93. The van der Waals surface area contributed by atoms with Crippen LogP contribution in [0.15, 0.2) is 33.4 Å². The largest absolute Gasteiger partial charge is 0.497 e. The van der Waals surface area contributed by atoms with Crippen molar-refractivity contribution in [3.05, 3.63) is 50.1 Å². The van der Waals surface area contributed by atoms with Gasteiger partial charge in [0.15, 0.2) is 0 Å². The van der Waals surface area contributed by atoms with Gasteiger partial charge in [0.2, 0.25) is 0 Å². The van der Waals surface area contributed by atoms with Gasteiger partial charge in [0.25, 0.3) is 0 Å². The van der Waals surface area contributed by atoms with Crippen LogP contribution in [0.5, 0.6) is 5.75 Å². The number of benzene rings is 1. The van der Waals surface area contributed by atoms with Crippen LogP contribution >= 0.6 is 27.3 Å². The summed E-state index contributed by atoms with van der Waals surface area (Å²) in [7, 11) is 1.68. The average Bonchev–Trinajstić information content (AvgIpc) is 2.78. The van der Waals surface area contributed by atoms with Gasteiger partial charge in [0, 0.05) is 10.5 Å². The minimum atomic E-state index is 0.0275. The van der Waals surface area contributed by atoms with Gasteiger partial charge in [0.05, 0.1) is 7.11 Å². The van der Waals surface area contributed by atoms with Crippen LogP contribution in [0.2, 0.25) is 0 Å². The molecule has 2 aromatic rings. The second-order valence-electron chi connectivity index (χ2n) is 4.28. The Morgan fingerprint density at radius 2 is 2.17 bits per heavy atom. The van der Waals surface area contributed by atoms with Gasteiger partial charge in [-0.1, -0.05) is 15.9 Å². The Hall–Kier alpha value is -0.840. The number of aryl methyl sites for hydroxylation is 1. The summed E-state index contributed by atoms with van der Waals surface area (Å²) in [5.74, 6) is 0.863. The summed E-state index contributed by atoms with van der Waals surface area (Å²) in [6.07, 6.45) is 0.801. The number of hydrogen-bond donors (Lipinski definition) is 1. The highest BCUT2D eigenvalue weighted by Gasteiger charge is 2.13. The van der Waals surface area contributed by atoms with Crippen molar-refractivity contribution in [2.45, 2.75) is 19.4 Å². The molecule has 0 amide bonds. The molecule has 0 saturated heterocycles. The van der Waals surface area contributed by atoms with Crippen LogP contribution in [0, 0.1) is 6.92 Å². The molecule has 1 heterocycles. The van der Waals surface area contributed by atoms with E-state index < -0.39 is 0 Å². The number of ether oxygens (including phenoxy) is 1. The lowest BCUT2D eigenvalue weighted by Crippen LogP contribution is -2.13. The third-order valence-electron chi connectivity index (χ3n) is 2.99. The fraction of sp³-hybridized carbons (Fsp3) is 0.286. The first-order valence-electron chi connectivity index (χ1n) is 5.72. The standard InChI is InChI=1S/C14H16BrNOS/c1-9-7-18-8-12(9)14(16)6-10-5-11(17-2)3-4-13(10)15/h3-5,7-8,14H,6,16H2,1-2H3. The van der Waals surface area contributed by atoms with E-state index in [0.717, 1.165) is 16.6 Å². The maximum Gasteiger partial charge on any atom is 0.119 e. The molecule has 1 aromatic heterocycles. The minimum Gasteiger partial charge on any atom is -0.497 e. The maximum atomic E-state index is 6.28. The van der Waals surface area contributed by atoms with Gasteiger partial charge in [-0.05, 0) is 59.0 Å². The molecule has 96 valence electrons. The Bertz CT molecular complexity index is 538. The number of hydrogen-bond acceptors (Lipinski definition) is 3. The number of nitrogens with two attached hydrogens (primary N) is 1. The van der Waals surface area contributed by atoms with Crippen LogP contribution in [0.4, 0.5) is 0 Å². The van der Waals surface area contributed by atoms with Crippen molar-refractivity contribution in [2.24, 2.45) is 5.73 Å². The summed E-state index contributed by atoms with van der Waals surface area (Å²) in [5, 5.41) is 4.27. The van der Waals surface area contributed by atoms with Crippen molar-refractivity contribution in [1.29, 1.82) is 0 Å². The van der Waals surface area contributed by atoms with Crippen molar-refractivity contribution in [3.8, 4) is 5.75 Å². The molecule has 0 spiro atoms. The molecule has 0 aliphatic heterocycles. The summed E-state index contributed by atoms with van der Waals surface area (Å²) >= 11 is 5.26. The molecular weight excluding hydrogens is 310 g/mol. The first-order chi connectivity index (χ1) is 8.61. The van der Waals surface area contributed by atoms with Crippen LogP contribution in [0.3, 0.4) is 0 Å². The Morgan fingerprint density at radius 1 is 1.39 bits per heavy atom. The predicted octanol–water partition coefficient (Wildman–Crippen LogP) is 4.07. The molecule has 0 aliphatic carbocycles. The van der Waals surface area contributed by atoms with Gasteiger partial charge < -0.3 is 10.5 Å². The normalized spacial score (nSPS) is 12.4. The molecule has 1 unspecified atom stereocenters. The Balaban J connectivity index is 2.21. The number of rotatable bonds is 4. The molecule has 1 atom stereocenters. The van der Waals surface area contributed by atoms with E-state index in [2.05, 4.69) is 33.6 Å².